The van der Waals surface area contributed by atoms with Gasteiger partial charge in [-0.2, -0.15) is 0 Å². The number of carbonyl (C=O) groups excluding carboxylic acids is 2. The second-order valence-corrected chi connectivity index (χ2v) is 6.40. The summed E-state index contributed by atoms with van der Waals surface area (Å²) in [5.74, 6) is 0.0550. The Bertz CT molecular complexity index is 817. The van der Waals surface area contributed by atoms with E-state index in [4.69, 9.17) is 0 Å². The van der Waals surface area contributed by atoms with Gasteiger partial charge < -0.3 is 5.32 Å². The highest BCUT2D eigenvalue weighted by atomic mass is 32.2. The molecule has 23 heavy (non-hydrogen) atoms. The zero-order valence-electron chi connectivity index (χ0n) is 12.1. The number of carbonyl (C=O) groups is 2. The molecule has 114 valence electrons. The first-order valence-corrected chi connectivity index (χ1v) is 8.09. The van der Waals surface area contributed by atoms with Gasteiger partial charge >= 0.3 is 0 Å². The van der Waals surface area contributed by atoms with Crippen molar-refractivity contribution in [2.24, 2.45) is 4.99 Å². The van der Waals surface area contributed by atoms with Crippen LogP contribution in [0.1, 0.15) is 16.4 Å². The number of para-hydroxylation sites is 1. The quantitative estimate of drug-likeness (QED) is 0.883. The van der Waals surface area contributed by atoms with Gasteiger partial charge in [-0.3, -0.25) is 14.5 Å². The minimum Gasteiger partial charge on any atom is -0.329 e. The van der Waals surface area contributed by atoms with E-state index in [1.54, 1.807) is 17.0 Å². The predicted molar refractivity (Wildman–Crippen MR) is 90.5 cm³/mol. The Morgan fingerprint density at radius 2 is 1.96 bits per heavy atom. The van der Waals surface area contributed by atoms with Crippen LogP contribution >= 0.6 is 11.8 Å². The van der Waals surface area contributed by atoms with E-state index in [1.165, 1.54) is 11.8 Å². The van der Waals surface area contributed by atoms with Crippen molar-refractivity contribution >= 4 is 40.6 Å². The van der Waals surface area contributed by atoms with Crippen molar-refractivity contribution in [2.75, 3.05) is 5.32 Å². The van der Waals surface area contributed by atoms with E-state index < -0.39 is 0 Å². The molecule has 0 bridgehead atoms. The fraction of sp³-hybridized carbons (Fsp3) is 0.118. The SMILES string of the molecule is O=CNc1ccc(C2SC3=Nc4ccccc4CN3C2=O)cc1. The first-order chi connectivity index (χ1) is 11.3. The van der Waals surface area contributed by atoms with E-state index in [2.05, 4.69) is 10.3 Å². The van der Waals surface area contributed by atoms with Crippen LogP contribution in [-0.4, -0.2) is 22.4 Å². The number of aliphatic imine (C=N–C) groups is 1. The summed E-state index contributed by atoms with van der Waals surface area (Å²) < 4.78 is 0. The van der Waals surface area contributed by atoms with Crippen LogP contribution < -0.4 is 5.32 Å². The van der Waals surface area contributed by atoms with Gasteiger partial charge in [-0.05, 0) is 29.3 Å². The van der Waals surface area contributed by atoms with Crippen LogP contribution in [0.5, 0.6) is 0 Å². The van der Waals surface area contributed by atoms with Crippen molar-refractivity contribution in [1.29, 1.82) is 0 Å². The summed E-state index contributed by atoms with van der Waals surface area (Å²) in [6.45, 7) is 0.572. The summed E-state index contributed by atoms with van der Waals surface area (Å²) in [4.78, 5) is 29.5. The van der Waals surface area contributed by atoms with Gasteiger partial charge in [-0.15, -0.1) is 0 Å². The van der Waals surface area contributed by atoms with Crippen LogP contribution in [0, 0.1) is 0 Å². The lowest BCUT2D eigenvalue weighted by atomic mass is 10.1. The van der Waals surface area contributed by atoms with Crippen molar-refractivity contribution in [3.8, 4) is 0 Å². The highest BCUT2D eigenvalue weighted by molar-refractivity contribution is 8.15. The number of hydrogen-bond acceptors (Lipinski definition) is 4. The van der Waals surface area contributed by atoms with Crippen LogP contribution in [0.4, 0.5) is 11.4 Å². The second-order valence-electron chi connectivity index (χ2n) is 5.33. The highest BCUT2D eigenvalue weighted by Gasteiger charge is 2.40. The van der Waals surface area contributed by atoms with E-state index >= 15 is 0 Å². The van der Waals surface area contributed by atoms with Crippen LogP contribution in [0.2, 0.25) is 0 Å². The van der Waals surface area contributed by atoms with Crippen molar-refractivity contribution in [3.63, 3.8) is 0 Å². The van der Waals surface area contributed by atoms with Gasteiger partial charge in [0.2, 0.25) is 12.3 Å². The maximum Gasteiger partial charge on any atom is 0.246 e. The molecule has 2 aliphatic heterocycles. The minimum atomic E-state index is -0.284. The van der Waals surface area contributed by atoms with Gasteiger partial charge in [0.25, 0.3) is 0 Å². The molecule has 0 spiro atoms. The molecule has 5 nitrogen and oxygen atoms in total. The summed E-state index contributed by atoms with van der Waals surface area (Å²) in [6.07, 6.45) is 0.636. The molecule has 2 aromatic carbocycles. The van der Waals surface area contributed by atoms with Gasteiger partial charge in [0.15, 0.2) is 5.17 Å². The lowest BCUT2D eigenvalue weighted by Crippen LogP contribution is -2.31. The van der Waals surface area contributed by atoms with Crippen molar-refractivity contribution in [3.05, 3.63) is 59.7 Å². The first kappa shape index (κ1) is 14.0. The predicted octanol–water partition coefficient (Wildman–Crippen LogP) is 3.07. The van der Waals surface area contributed by atoms with E-state index in [-0.39, 0.29) is 11.2 Å². The summed E-state index contributed by atoms with van der Waals surface area (Å²) in [7, 11) is 0. The van der Waals surface area contributed by atoms with Crippen molar-refractivity contribution in [2.45, 2.75) is 11.8 Å². The van der Waals surface area contributed by atoms with Gasteiger partial charge in [0.05, 0.1) is 12.2 Å². The van der Waals surface area contributed by atoms with E-state index in [1.807, 2.05) is 36.4 Å². The average molecular weight is 323 g/mol. The second kappa shape index (κ2) is 5.55. The van der Waals surface area contributed by atoms with Gasteiger partial charge in [-0.1, -0.05) is 42.1 Å². The molecule has 0 aliphatic carbocycles. The molecule has 2 heterocycles. The molecular weight excluding hydrogens is 310 g/mol. The normalized spacial score (nSPS) is 19.0. The topological polar surface area (TPSA) is 61.8 Å². The minimum absolute atomic E-state index is 0.0550. The molecule has 1 fully saturated rings. The van der Waals surface area contributed by atoms with Crippen LogP contribution in [0.15, 0.2) is 53.5 Å². The fourth-order valence-corrected chi connectivity index (χ4v) is 3.91. The Morgan fingerprint density at radius 3 is 2.74 bits per heavy atom. The Labute approximate surface area is 137 Å². The van der Waals surface area contributed by atoms with Crippen LogP contribution in [0.25, 0.3) is 0 Å². The molecule has 1 saturated heterocycles. The Hall–Kier alpha value is -2.60. The molecule has 1 N–H and O–H groups in total. The molecule has 6 heteroatoms. The molecule has 4 rings (SSSR count). The van der Waals surface area contributed by atoms with E-state index in [0.717, 1.165) is 22.0 Å². The number of rotatable bonds is 3. The van der Waals surface area contributed by atoms with E-state index in [0.29, 0.717) is 18.6 Å². The summed E-state index contributed by atoms with van der Waals surface area (Å²) >= 11 is 1.48. The van der Waals surface area contributed by atoms with Gasteiger partial charge in [0, 0.05) is 5.69 Å². The lowest BCUT2D eigenvalue weighted by molar-refractivity contribution is -0.126. The zero-order valence-corrected chi connectivity index (χ0v) is 12.9. The number of fused-ring (bicyclic) bond motifs is 2. The lowest BCUT2D eigenvalue weighted by Gasteiger charge is -2.21. The Kier molecular flexibility index (Phi) is 3.38. The third-order valence-corrected chi connectivity index (χ3v) is 5.15. The molecule has 2 aromatic rings. The molecule has 0 saturated carbocycles. The number of anilines is 1. The number of hydrogen-bond donors (Lipinski definition) is 1. The maximum atomic E-state index is 12.7. The van der Waals surface area contributed by atoms with Gasteiger partial charge in [-0.25, -0.2) is 4.99 Å². The highest BCUT2D eigenvalue weighted by Crippen LogP contribution is 2.43. The largest absolute Gasteiger partial charge is 0.329 e. The molecule has 0 radical (unpaired) electrons. The maximum absolute atomic E-state index is 12.7. The average Bonchev–Trinajstić information content (AvgIpc) is 2.90. The number of amides is 2. The molecule has 0 aromatic heterocycles. The van der Waals surface area contributed by atoms with Crippen LogP contribution in [-0.2, 0) is 16.1 Å². The fourth-order valence-electron chi connectivity index (χ4n) is 2.75. The third-order valence-electron chi connectivity index (χ3n) is 3.92. The molecule has 1 atom stereocenters. The standard InChI is InChI=1S/C17H13N3O2S/c21-10-18-13-7-5-11(6-8-13)15-16(22)20-9-12-3-1-2-4-14(12)19-17(20)23-15/h1-8,10,15H,9H2,(H,18,21). The van der Waals surface area contributed by atoms with E-state index in [9.17, 15) is 9.59 Å². The summed E-state index contributed by atoms with van der Waals surface area (Å²) in [5, 5.41) is 3.07. The number of benzene rings is 2. The monoisotopic (exact) mass is 323 g/mol. The first-order valence-electron chi connectivity index (χ1n) is 7.21. The zero-order chi connectivity index (χ0) is 15.8. The van der Waals surface area contributed by atoms with Gasteiger partial charge in [0.1, 0.15) is 5.25 Å². The summed E-state index contributed by atoms with van der Waals surface area (Å²) in [6, 6.07) is 15.2. The van der Waals surface area contributed by atoms with Crippen LogP contribution in [0.3, 0.4) is 0 Å². The Balaban J connectivity index is 1.62. The smallest absolute Gasteiger partial charge is 0.246 e. The number of thioether (sulfide) groups is 1. The number of nitrogens with one attached hydrogen (secondary N) is 1. The molecular formula is C17H13N3O2S. The molecule has 2 amide bonds. The molecule has 1 unspecified atom stereocenters. The number of amidine groups is 1. The summed E-state index contributed by atoms with van der Waals surface area (Å²) in [5.41, 5.74) is 3.63. The van der Waals surface area contributed by atoms with Crippen molar-refractivity contribution < 1.29 is 9.59 Å². The molecule has 2 aliphatic rings. The number of nitrogens with zero attached hydrogens (tertiary/aromatic N) is 2. The third kappa shape index (κ3) is 2.41. The van der Waals surface area contributed by atoms with Crippen molar-refractivity contribution in [1.82, 2.24) is 4.90 Å². The Morgan fingerprint density at radius 1 is 1.17 bits per heavy atom.